The lowest BCUT2D eigenvalue weighted by Crippen LogP contribution is -2.53. The molecule has 9 nitrogen and oxygen atoms in total. The van der Waals surface area contributed by atoms with Gasteiger partial charge in [-0.25, -0.2) is 9.50 Å². The summed E-state index contributed by atoms with van der Waals surface area (Å²) in [6, 6.07) is 14.4. The Labute approximate surface area is 248 Å². The molecule has 1 aliphatic heterocycles. The van der Waals surface area contributed by atoms with Crippen LogP contribution < -0.4 is 5.32 Å². The van der Waals surface area contributed by atoms with E-state index < -0.39 is 0 Å². The van der Waals surface area contributed by atoms with Crippen LogP contribution >= 0.6 is 0 Å². The summed E-state index contributed by atoms with van der Waals surface area (Å²) in [7, 11) is 1.60. The van der Waals surface area contributed by atoms with E-state index in [9.17, 15) is 9.59 Å². The van der Waals surface area contributed by atoms with Crippen LogP contribution in [0.3, 0.4) is 0 Å². The second-order valence-electron chi connectivity index (χ2n) is 13.0. The van der Waals surface area contributed by atoms with E-state index in [-0.39, 0.29) is 11.8 Å². The molecule has 0 bridgehead atoms. The molecule has 0 spiro atoms. The third kappa shape index (κ3) is 3.73. The standard InChI is InChI=1S/C34H33N7O2/c1-18-27-10-7-22(34(43)40-16-24-11-23-13-28(40)30(23)24)17-41(27)38-31(18)29-12-20-5-8-25(37-32(20)39(29)15-19-3-4-19)21-6-9-26(36-14-21)33(42)35-2/h5-10,12,14,17,19,23-24,28,30H,3-4,11,13,15-16H2,1-2H3,(H,35,42)/t23?,24?,28?,30-/m1/s1. The predicted molar refractivity (Wildman–Crippen MR) is 163 cm³/mol. The molecule has 9 rings (SSSR count). The Balaban J connectivity index is 1.09. The minimum atomic E-state index is -0.211. The Morgan fingerprint density at radius 1 is 1.05 bits per heavy atom. The summed E-state index contributed by atoms with van der Waals surface area (Å²) < 4.78 is 4.21. The van der Waals surface area contributed by atoms with Gasteiger partial charge in [-0.3, -0.25) is 14.6 Å². The Morgan fingerprint density at radius 2 is 1.93 bits per heavy atom. The van der Waals surface area contributed by atoms with Gasteiger partial charge in [0.25, 0.3) is 11.8 Å². The highest BCUT2D eigenvalue weighted by Crippen LogP contribution is 2.60. The van der Waals surface area contributed by atoms with E-state index in [0.29, 0.717) is 23.2 Å². The summed E-state index contributed by atoms with van der Waals surface area (Å²) >= 11 is 0. The summed E-state index contributed by atoms with van der Waals surface area (Å²) in [6.45, 7) is 3.92. The summed E-state index contributed by atoms with van der Waals surface area (Å²) in [5, 5.41) is 8.74. The molecule has 2 amide bonds. The molecule has 216 valence electrons. The van der Waals surface area contributed by atoms with Crippen molar-refractivity contribution in [3.63, 3.8) is 0 Å². The fourth-order valence-corrected chi connectivity index (χ4v) is 7.94. The zero-order chi connectivity index (χ0) is 29.0. The van der Waals surface area contributed by atoms with Gasteiger partial charge in [-0.2, -0.15) is 5.10 Å². The number of nitrogens with zero attached hydrogens (tertiary/aromatic N) is 6. The molecule has 3 saturated carbocycles. The maximum atomic E-state index is 13.6. The molecule has 3 unspecified atom stereocenters. The highest BCUT2D eigenvalue weighted by atomic mass is 16.2. The fraction of sp³-hybridized carbons (Fsp3) is 0.382. The monoisotopic (exact) mass is 571 g/mol. The van der Waals surface area contributed by atoms with Crippen LogP contribution in [0.4, 0.5) is 0 Å². The van der Waals surface area contributed by atoms with E-state index in [1.54, 1.807) is 19.3 Å². The quantitative estimate of drug-likeness (QED) is 0.310. The Morgan fingerprint density at radius 3 is 2.67 bits per heavy atom. The number of aromatic nitrogens is 5. The number of rotatable bonds is 6. The van der Waals surface area contributed by atoms with E-state index in [0.717, 1.165) is 75.6 Å². The average molecular weight is 572 g/mol. The molecule has 4 atom stereocenters. The number of hydrogen-bond donors (Lipinski definition) is 1. The van der Waals surface area contributed by atoms with Crippen LogP contribution in [0.2, 0.25) is 0 Å². The molecule has 5 aromatic heterocycles. The second kappa shape index (κ2) is 8.99. The zero-order valence-electron chi connectivity index (χ0n) is 24.3. The Bertz CT molecular complexity index is 1970. The number of pyridine rings is 3. The van der Waals surface area contributed by atoms with E-state index in [1.807, 2.05) is 35.0 Å². The van der Waals surface area contributed by atoms with Gasteiger partial charge in [-0.05, 0) is 98.7 Å². The minimum absolute atomic E-state index is 0.145. The third-order valence-electron chi connectivity index (χ3n) is 10.5. The topological polar surface area (TPSA) is 97.4 Å². The van der Waals surface area contributed by atoms with Crippen molar-refractivity contribution in [1.82, 2.24) is 34.4 Å². The molecule has 0 radical (unpaired) electrons. The van der Waals surface area contributed by atoms with Crippen LogP contribution in [0.15, 0.2) is 54.9 Å². The van der Waals surface area contributed by atoms with Crippen molar-refractivity contribution in [3.8, 4) is 22.6 Å². The molecule has 6 heterocycles. The van der Waals surface area contributed by atoms with Crippen molar-refractivity contribution in [2.75, 3.05) is 13.6 Å². The smallest absolute Gasteiger partial charge is 0.269 e. The second-order valence-corrected chi connectivity index (χ2v) is 13.0. The molecule has 43 heavy (non-hydrogen) atoms. The van der Waals surface area contributed by atoms with Gasteiger partial charge in [-0.1, -0.05) is 0 Å². The Hall–Kier alpha value is -4.53. The number of nitrogens with one attached hydrogen (secondary N) is 1. The number of likely N-dealkylation sites (tertiary alicyclic amines) is 1. The summed E-state index contributed by atoms with van der Waals surface area (Å²) in [4.78, 5) is 37.1. The van der Waals surface area contributed by atoms with Crippen LogP contribution in [-0.4, -0.2) is 60.5 Å². The first kappa shape index (κ1) is 25.0. The Kier molecular flexibility index (Phi) is 5.23. The molecule has 4 fully saturated rings. The molecule has 3 aliphatic carbocycles. The molecule has 5 aromatic rings. The minimum Gasteiger partial charge on any atom is -0.354 e. The number of carbonyl (C=O) groups excluding carboxylic acids is 2. The number of hydrogen-bond acceptors (Lipinski definition) is 5. The first-order chi connectivity index (χ1) is 21.0. The normalized spacial score (nSPS) is 23.7. The van der Waals surface area contributed by atoms with E-state index in [1.165, 1.54) is 25.7 Å². The van der Waals surface area contributed by atoms with Crippen LogP contribution in [0, 0.1) is 30.6 Å². The third-order valence-corrected chi connectivity index (χ3v) is 10.5. The first-order valence-electron chi connectivity index (χ1n) is 15.5. The number of aryl methyl sites for hydroxylation is 1. The lowest BCUT2D eigenvalue weighted by Gasteiger charge is -2.52. The van der Waals surface area contributed by atoms with Gasteiger partial charge in [-0.15, -0.1) is 0 Å². The maximum Gasteiger partial charge on any atom is 0.269 e. The van der Waals surface area contributed by atoms with Gasteiger partial charge in [0.15, 0.2) is 0 Å². The largest absolute Gasteiger partial charge is 0.354 e. The average Bonchev–Trinajstić information content (AvgIpc) is 3.70. The molecule has 0 aromatic carbocycles. The molecule has 1 N–H and O–H groups in total. The number of fused-ring (bicyclic) bond motifs is 2. The maximum absolute atomic E-state index is 13.6. The summed E-state index contributed by atoms with van der Waals surface area (Å²) in [6.07, 6.45) is 8.55. The van der Waals surface area contributed by atoms with Gasteiger partial charge in [0.1, 0.15) is 17.0 Å². The van der Waals surface area contributed by atoms with E-state index in [4.69, 9.17) is 10.1 Å². The van der Waals surface area contributed by atoms with Gasteiger partial charge in [0.05, 0.1) is 22.5 Å². The van der Waals surface area contributed by atoms with E-state index >= 15 is 0 Å². The summed E-state index contributed by atoms with van der Waals surface area (Å²) in [5.74, 6) is 2.91. The van der Waals surface area contributed by atoms with Crippen molar-refractivity contribution in [2.24, 2.45) is 23.7 Å². The van der Waals surface area contributed by atoms with Gasteiger partial charge in [0, 0.05) is 55.1 Å². The van der Waals surface area contributed by atoms with Gasteiger partial charge < -0.3 is 14.8 Å². The van der Waals surface area contributed by atoms with Crippen LogP contribution in [0.25, 0.3) is 39.2 Å². The number of carbonyl (C=O) groups is 2. The lowest BCUT2D eigenvalue weighted by atomic mass is 9.53. The predicted octanol–water partition coefficient (Wildman–Crippen LogP) is 4.97. The van der Waals surface area contributed by atoms with Gasteiger partial charge in [0.2, 0.25) is 0 Å². The SMILES string of the molecule is CNC(=O)c1ccc(-c2ccc3cc(-c4nn5cc(C(=O)N6CC7CC8CC6[C@H]87)ccc5c4C)n(CC4CC4)c3n2)cn1. The molecule has 9 heteroatoms. The van der Waals surface area contributed by atoms with Crippen molar-refractivity contribution < 1.29 is 9.59 Å². The molecule has 4 aliphatic rings. The molecular weight excluding hydrogens is 538 g/mol. The van der Waals surface area contributed by atoms with Crippen molar-refractivity contribution >= 4 is 28.4 Å². The summed E-state index contributed by atoms with van der Waals surface area (Å²) in [5.41, 5.74) is 7.76. The molecule has 1 saturated heterocycles. The van der Waals surface area contributed by atoms with Crippen molar-refractivity contribution in [2.45, 2.75) is 45.2 Å². The van der Waals surface area contributed by atoms with E-state index in [2.05, 4.69) is 38.8 Å². The highest BCUT2D eigenvalue weighted by Gasteiger charge is 2.61. The fourth-order valence-electron chi connectivity index (χ4n) is 7.94. The number of amides is 2. The van der Waals surface area contributed by atoms with Crippen LogP contribution in [-0.2, 0) is 6.54 Å². The first-order valence-corrected chi connectivity index (χ1v) is 15.5. The molecular formula is C34H33N7O2. The van der Waals surface area contributed by atoms with Crippen molar-refractivity contribution in [1.29, 1.82) is 0 Å². The van der Waals surface area contributed by atoms with Crippen LogP contribution in [0.1, 0.15) is 52.1 Å². The lowest BCUT2D eigenvalue weighted by molar-refractivity contribution is -0.0204. The van der Waals surface area contributed by atoms with Crippen molar-refractivity contribution in [3.05, 3.63) is 71.7 Å². The zero-order valence-corrected chi connectivity index (χ0v) is 24.3. The van der Waals surface area contributed by atoms with Crippen LogP contribution in [0.5, 0.6) is 0 Å². The van der Waals surface area contributed by atoms with Gasteiger partial charge >= 0.3 is 0 Å². The highest BCUT2D eigenvalue weighted by molar-refractivity contribution is 5.95.